The van der Waals surface area contributed by atoms with Crippen LogP contribution in [0.2, 0.25) is 0 Å². The van der Waals surface area contributed by atoms with Crippen molar-refractivity contribution < 1.29 is 9.59 Å². The number of piperazine rings is 1. The maximum absolute atomic E-state index is 12.8. The summed E-state index contributed by atoms with van der Waals surface area (Å²) < 4.78 is 0. The summed E-state index contributed by atoms with van der Waals surface area (Å²) in [6, 6.07) is 0.217. The molecule has 19 heavy (non-hydrogen) atoms. The summed E-state index contributed by atoms with van der Waals surface area (Å²) in [6.45, 7) is 2.24. The lowest BCUT2D eigenvalue weighted by molar-refractivity contribution is -0.153. The van der Waals surface area contributed by atoms with Crippen molar-refractivity contribution in [3.05, 3.63) is 0 Å². The van der Waals surface area contributed by atoms with Gasteiger partial charge in [-0.2, -0.15) is 0 Å². The van der Waals surface area contributed by atoms with Crippen LogP contribution in [-0.2, 0) is 9.59 Å². The van der Waals surface area contributed by atoms with Crippen molar-refractivity contribution in [3.8, 4) is 0 Å². The molecule has 106 valence electrons. The Morgan fingerprint density at radius 1 is 1.21 bits per heavy atom. The van der Waals surface area contributed by atoms with Crippen molar-refractivity contribution >= 4 is 11.8 Å². The number of carbonyl (C=O) groups excluding carboxylic acids is 2. The SMILES string of the molecule is CN1CCCC(N2CC(=O)NC3(CCCC3)C2=O)C1. The van der Waals surface area contributed by atoms with E-state index in [9.17, 15) is 9.59 Å². The van der Waals surface area contributed by atoms with Crippen molar-refractivity contribution in [3.63, 3.8) is 0 Å². The van der Waals surface area contributed by atoms with Gasteiger partial charge in [-0.15, -0.1) is 0 Å². The first-order valence-corrected chi connectivity index (χ1v) is 7.41. The van der Waals surface area contributed by atoms with Gasteiger partial charge >= 0.3 is 0 Å². The van der Waals surface area contributed by atoms with Gasteiger partial charge in [0.2, 0.25) is 11.8 Å². The van der Waals surface area contributed by atoms with E-state index in [1.807, 2.05) is 4.90 Å². The molecule has 1 unspecified atom stereocenters. The quantitative estimate of drug-likeness (QED) is 0.744. The Morgan fingerprint density at radius 2 is 1.95 bits per heavy atom. The van der Waals surface area contributed by atoms with Crippen LogP contribution in [0.25, 0.3) is 0 Å². The third-order valence-corrected chi connectivity index (χ3v) is 4.86. The summed E-state index contributed by atoms with van der Waals surface area (Å²) in [5, 5.41) is 2.98. The zero-order valence-electron chi connectivity index (χ0n) is 11.7. The lowest BCUT2D eigenvalue weighted by atomic mass is 9.91. The van der Waals surface area contributed by atoms with Crippen LogP contribution < -0.4 is 5.32 Å². The van der Waals surface area contributed by atoms with Gasteiger partial charge in [0.25, 0.3) is 0 Å². The first-order chi connectivity index (χ1) is 9.11. The molecule has 3 rings (SSSR count). The minimum absolute atomic E-state index is 0.0229. The van der Waals surface area contributed by atoms with Crippen molar-refractivity contribution in [2.45, 2.75) is 50.1 Å². The third-order valence-electron chi connectivity index (χ3n) is 4.86. The molecule has 3 fully saturated rings. The molecule has 2 heterocycles. The molecule has 2 amide bonds. The maximum atomic E-state index is 12.8. The zero-order chi connectivity index (χ0) is 13.5. The molecular weight excluding hydrogens is 242 g/mol. The third kappa shape index (κ3) is 2.24. The van der Waals surface area contributed by atoms with E-state index in [0.29, 0.717) is 0 Å². The number of nitrogens with one attached hydrogen (secondary N) is 1. The summed E-state index contributed by atoms with van der Waals surface area (Å²) >= 11 is 0. The average Bonchev–Trinajstić information content (AvgIpc) is 2.83. The smallest absolute Gasteiger partial charge is 0.249 e. The van der Waals surface area contributed by atoms with Crippen LogP contribution >= 0.6 is 0 Å². The fourth-order valence-electron chi connectivity index (χ4n) is 3.87. The highest BCUT2D eigenvalue weighted by Gasteiger charge is 2.49. The first kappa shape index (κ1) is 12.9. The van der Waals surface area contributed by atoms with Crippen molar-refractivity contribution in [2.75, 3.05) is 26.7 Å². The number of likely N-dealkylation sites (tertiary alicyclic amines) is 1. The maximum Gasteiger partial charge on any atom is 0.249 e. The van der Waals surface area contributed by atoms with Crippen LogP contribution in [0.4, 0.5) is 0 Å². The lowest BCUT2D eigenvalue weighted by Crippen LogP contribution is -2.68. The van der Waals surface area contributed by atoms with Crippen LogP contribution in [-0.4, -0.2) is 59.9 Å². The fraction of sp³-hybridized carbons (Fsp3) is 0.857. The van der Waals surface area contributed by atoms with Gasteiger partial charge in [-0.3, -0.25) is 9.59 Å². The standard InChI is InChI=1S/C14H23N3O2/c1-16-8-4-5-11(9-16)17-10-12(18)15-14(13(17)19)6-2-3-7-14/h11H,2-10H2,1H3,(H,15,18). The van der Waals surface area contributed by atoms with Gasteiger partial charge in [0.15, 0.2) is 0 Å². The fourth-order valence-corrected chi connectivity index (χ4v) is 3.87. The number of amides is 2. The molecule has 5 heteroatoms. The molecule has 0 radical (unpaired) electrons. The largest absolute Gasteiger partial charge is 0.340 e. The molecule has 1 saturated carbocycles. The first-order valence-electron chi connectivity index (χ1n) is 7.41. The number of nitrogens with zero attached hydrogens (tertiary/aromatic N) is 2. The predicted octanol–water partition coefficient (Wildman–Crippen LogP) is 0.352. The molecule has 1 spiro atoms. The Hall–Kier alpha value is -1.10. The van der Waals surface area contributed by atoms with Gasteiger partial charge in [-0.25, -0.2) is 0 Å². The van der Waals surface area contributed by atoms with E-state index in [0.717, 1.165) is 51.6 Å². The Labute approximate surface area is 114 Å². The topological polar surface area (TPSA) is 52.6 Å². The second-order valence-corrected chi connectivity index (χ2v) is 6.33. The van der Waals surface area contributed by atoms with E-state index >= 15 is 0 Å². The van der Waals surface area contributed by atoms with Crippen LogP contribution in [0.15, 0.2) is 0 Å². The van der Waals surface area contributed by atoms with Gasteiger partial charge < -0.3 is 15.1 Å². The Bertz CT molecular complexity index is 390. The summed E-state index contributed by atoms with van der Waals surface area (Å²) in [4.78, 5) is 28.9. The van der Waals surface area contributed by atoms with Gasteiger partial charge in [-0.05, 0) is 39.3 Å². The van der Waals surface area contributed by atoms with Gasteiger partial charge in [0.05, 0.1) is 6.54 Å². The minimum atomic E-state index is -0.564. The van der Waals surface area contributed by atoms with Crippen LogP contribution in [0, 0.1) is 0 Å². The molecule has 0 aromatic heterocycles. The molecule has 0 aromatic rings. The van der Waals surface area contributed by atoms with Crippen LogP contribution in [0.1, 0.15) is 38.5 Å². The second kappa shape index (κ2) is 4.78. The molecule has 0 aromatic carbocycles. The summed E-state index contributed by atoms with van der Waals surface area (Å²) in [7, 11) is 2.09. The highest BCUT2D eigenvalue weighted by Crippen LogP contribution is 2.34. The van der Waals surface area contributed by atoms with Crippen LogP contribution in [0.5, 0.6) is 0 Å². The van der Waals surface area contributed by atoms with E-state index in [2.05, 4.69) is 17.3 Å². The normalized spacial score (nSPS) is 31.8. The van der Waals surface area contributed by atoms with E-state index < -0.39 is 5.54 Å². The lowest BCUT2D eigenvalue weighted by Gasteiger charge is -2.45. The molecule has 1 aliphatic carbocycles. The van der Waals surface area contributed by atoms with Crippen molar-refractivity contribution in [2.24, 2.45) is 0 Å². The van der Waals surface area contributed by atoms with E-state index in [-0.39, 0.29) is 24.4 Å². The summed E-state index contributed by atoms with van der Waals surface area (Å²) in [5.41, 5.74) is -0.564. The van der Waals surface area contributed by atoms with Gasteiger partial charge in [0, 0.05) is 12.6 Å². The molecule has 0 bridgehead atoms. The van der Waals surface area contributed by atoms with Crippen molar-refractivity contribution in [1.82, 2.24) is 15.1 Å². The second-order valence-electron chi connectivity index (χ2n) is 6.33. The Morgan fingerprint density at radius 3 is 2.63 bits per heavy atom. The number of carbonyl (C=O) groups is 2. The number of likely N-dealkylation sites (N-methyl/N-ethyl adjacent to an activating group) is 1. The van der Waals surface area contributed by atoms with Crippen LogP contribution in [0.3, 0.4) is 0 Å². The van der Waals surface area contributed by atoms with Gasteiger partial charge in [-0.1, -0.05) is 12.8 Å². The molecule has 1 N–H and O–H groups in total. The highest BCUT2D eigenvalue weighted by atomic mass is 16.2. The zero-order valence-corrected chi connectivity index (χ0v) is 11.7. The summed E-state index contributed by atoms with van der Waals surface area (Å²) in [6.07, 6.45) is 5.86. The monoisotopic (exact) mass is 265 g/mol. The molecule has 1 atom stereocenters. The van der Waals surface area contributed by atoms with Gasteiger partial charge in [0.1, 0.15) is 5.54 Å². The number of hydrogen-bond acceptors (Lipinski definition) is 3. The summed E-state index contributed by atoms with van der Waals surface area (Å²) in [5.74, 6) is 0.194. The number of piperidine rings is 1. The van der Waals surface area contributed by atoms with E-state index in [1.165, 1.54) is 0 Å². The molecule has 5 nitrogen and oxygen atoms in total. The molecular formula is C14H23N3O2. The number of hydrogen-bond donors (Lipinski definition) is 1. The van der Waals surface area contributed by atoms with E-state index in [4.69, 9.17) is 0 Å². The van der Waals surface area contributed by atoms with E-state index in [1.54, 1.807) is 0 Å². The molecule has 2 saturated heterocycles. The average molecular weight is 265 g/mol. The van der Waals surface area contributed by atoms with Crippen molar-refractivity contribution in [1.29, 1.82) is 0 Å². The number of rotatable bonds is 1. The Balaban J connectivity index is 1.80. The molecule has 2 aliphatic heterocycles. The predicted molar refractivity (Wildman–Crippen MR) is 71.6 cm³/mol. The molecule has 3 aliphatic rings. The minimum Gasteiger partial charge on any atom is -0.340 e. The Kier molecular flexibility index (Phi) is 3.25. The highest BCUT2D eigenvalue weighted by molar-refractivity contribution is 5.98.